The van der Waals surface area contributed by atoms with E-state index >= 15 is 0 Å². The summed E-state index contributed by atoms with van der Waals surface area (Å²) in [6, 6.07) is 10.7. The molecule has 1 aliphatic rings. The van der Waals surface area contributed by atoms with Crippen molar-refractivity contribution in [3.63, 3.8) is 0 Å². The van der Waals surface area contributed by atoms with Crippen molar-refractivity contribution in [2.24, 2.45) is 0 Å². The maximum absolute atomic E-state index is 5.40. The molecular weight excluding hydrogens is 176 g/mol. The van der Waals surface area contributed by atoms with Gasteiger partial charge in [-0.3, -0.25) is 4.84 Å². The third-order valence-electron chi connectivity index (χ3n) is 2.40. The fourth-order valence-electron chi connectivity index (χ4n) is 1.59. The van der Waals surface area contributed by atoms with E-state index in [2.05, 4.69) is 29.6 Å². The topological polar surface area (TPSA) is 24.5 Å². The molecule has 0 aliphatic carbocycles. The van der Waals surface area contributed by atoms with E-state index in [-0.39, 0.29) is 0 Å². The largest absolute Gasteiger partial charge is 0.303 e. The van der Waals surface area contributed by atoms with Gasteiger partial charge in [-0.1, -0.05) is 30.3 Å². The first kappa shape index (κ1) is 9.65. The molecule has 1 saturated heterocycles. The van der Waals surface area contributed by atoms with Gasteiger partial charge in [0.05, 0.1) is 12.6 Å². The van der Waals surface area contributed by atoms with Crippen LogP contribution in [0.4, 0.5) is 0 Å². The van der Waals surface area contributed by atoms with Crippen molar-refractivity contribution in [1.29, 1.82) is 0 Å². The van der Waals surface area contributed by atoms with Gasteiger partial charge in [-0.05, 0) is 12.6 Å². The van der Waals surface area contributed by atoms with Crippen LogP contribution in [0.3, 0.4) is 0 Å². The van der Waals surface area contributed by atoms with Gasteiger partial charge >= 0.3 is 0 Å². The van der Waals surface area contributed by atoms with E-state index in [0.29, 0.717) is 12.6 Å². The third-order valence-corrected chi connectivity index (χ3v) is 2.40. The van der Waals surface area contributed by atoms with Gasteiger partial charge in [0.1, 0.15) is 0 Å². The summed E-state index contributed by atoms with van der Waals surface area (Å²) in [4.78, 5) is 7.65. The predicted molar refractivity (Wildman–Crippen MR) is 55.7 cm³/mol. The van der Waals surface area contributed by atoms with Crippen molar-refractivity contribution in [2.75, 3.05) is 20.1 Å². The molecule has 1 aromatic carbocycles. The highest BCUT2D eigenvalue weighted by molar-refractivity contribution is 5.13. The lowest BCUT2D eigenvalue weighted by Gasteiger charge is -2.36. The number of likely N-dealkylation sites (N-methyl/N-ethyl adjacent to an activating group) is 1. The second kappa shape index (κ2) is 4.55. The van der Waals surface area contributed by atoms with Crippen LogP contribution < -0.4 is 5.48 Å². The van der Waals surface area contributed by atoms with Crippen molar-refractivity contribution in [3.8, 4) is 0 Å². The lowest BCUT2D eigenvalue weighted by atomic mass is 10.1. The molecule has 2 rings (SSSR count). The zero-order valence-electron chi connectivity index (χ0n) is 8.44. The highest BCUT2D eigenvalue weighted by Crippen LogP contribution is 2.04. The zero-order chi connectivity index (χ0) is 9.80. The number of rotatable bonds is 4. The van der Waals surface area contributed by atoms with Gasteiger partial charge in [-0.15, -0.1) is 0 Å². The molecule has 0 radical (unpaired) electrons. The molecule has 0 bridgehead atoms. The van der Waals surface area contributed by atoms with E-state index in [1.807, 2.05) is 18.2 Å². The van der Waals surface area contributed by atoms with Crippen molar-refractivity contribution < 1.29 is 4.84 Å². The molecule has 1 aliphatic heterocycles. The van der Waals surface area contributed by atoms with Crippen molar-refractivity contribution in [1.82, 2.24) is 10.4 Å². The number of hydrogen-bond acceptors (Lipinski definition) is 3. The average Bonchev–Trinajstić information content (AvgIpc) is 2.17. The van der Waals surface area contributed by atoms with Crippen LogP contribution in [0.15, 0.2) is 30.3 Å². The fraction of sp³-hybridized carbons (Fsp3) is 0.455. The molecule has 0 aromatic heterocycles. The number of nitrogens with one attached hydrogen (secondary N) is 1. The van der Waals surface area contributed by atoms with Gasteiger partial charge in [0, 0.05) is 13.1 Å². The maximum atomic E-state index is 5.40. The van der Waals surface area contributed by atoms with Gasteiger partial charge in [-0.2, -0.15) is 5.48 Å². The molecule has 1 heterocycles. The van der Waals surface area contributed by atoms with Gasteiger partial charge < -0.3 is 4.90 Å². The molecule has 0 spiro atoms. The molecule has 76 valence electrons. The minimum Gasteiger partial charge on any atom is -0.303 e. The van der Waals surface area contributed by atoms with Crippen LogP contribution in [0.2, 0.25) is 0 Å². The minimum atomic E-state index is 0.503. The summed E-state index contributed by atoms with van der Waals surface area (Å²) < 4.78 is 0. The predicted octanol–water partition coefficient (Wildman–Crippen LogP) is 1.02. The molecule has 1 N–H and O–H groups in total. The molecule has 0 amide bonds. The van der Waals surface area contributed by atoms with Crippen LogP contribution >= 0.6 is 0 Å². The van der Waals surface area contributed by atoms with Crippen molar-refractivity contribution >= 4 is 0 Å². The second-order valence-corrected chi connectivity index (χ2v) is 3.81. The van der Waals surface area contributed by atoms with Gasteiger partial charge in [0.2, 0.25) is 0 Å². The van der Waals surface area contributed by atoms with Gasteiger partial charge in [0.15, 0.2) is 0 Å². The Hall–Kier alpha value is -0.900. The molecule has 3 heteroatoms. The van der Waals surface area contributed by atoms with Crippen LogP contribution in [0, 0.1) is 0 Å². The van der Waals surface area contributed by atoms with Crippen molar-refractivity contribution in [2.45, 2.75) is 12.6 Å². The lowest BCUT2D eigenvalue weighted by molar-refractivity contribution is -0.0353. The summed E-state index contributed by atoms with van der Waals surface area (Å²) in [5.41, 5.74) is 4.26. The monoisotopic (exact) mass is 192 g/mol. The van der Waals surface area contributed by atoms with Crippen LogP contribution in [0.5, 0.6) is 0 Å². The van der Waals surface area contributed by atoms with E-state index < -0.39 is 0 Å². The first-order valence-corrected chi connectivity index (χ1v) is 4.94. The first-order chi connectivity index (χ1) is 6.84. The van der Waals surface area contributed by atoms with E-state index in [9.17, 15) is 0 Å². The Morgan fingerprint density at radius 3 is 2.71 bits per heavy atom. The SMILES string of the molecule is CN1CC(NOCc2ccccc2)C1. The average molecular weight is 192 g/mol. The van der Waals surface area contributed by atoms with Crippen LogP contribution in [-0.4, -0.2) is 31.1 Å². The van der Waals surface area contributed by atoms with Gasteiger partial charge in [0.25, 0.3) is 0 Å². The molecule has 0 unspecified atom stereocenters. The van der Waals surface area contributed by atoms with Crippen LogP contribution in [0.1, 0.15) is 5.56 Å². The maximum Gasteiger partial charge on any atom is 0.0933 e. The highest BCUT2D eigenvalue weighted by atomic mass is 16.6. The molecule has 0 saturated carbocycles. The third kappa shape index (κ3) is 2.54. The van der Waals surface area contributed by atoms with E-state index in [1.54, 1.807) is 0 Å². The Morgan fingerprint density at radius 2 is 2.07 bits per heavy atom. The summed E-state index contributed by atoms with van der Waals surface area (Å²) in [5, 5.41) is 0. The normalized spacial score (nSPS) is 18.1. The van der Waals surface area contributed by atoms with Gasteiger partial charge in [-0.25, -0.2) is 0 Å². The Kier molecular flexibility index (Phi) is 3.14. The molecule has 1 fully saturated rings. The number of likely N-dealkylation sites (tertiary alicyclic amines) is 1. The first-order valence-electron chi connectivity index (χ1n) is 4.94. The van der Waals surface area contributed by atoms with Crippen LogP contribution in [-0.2, 0) is 11.4 Å². The zero-order valence-corrected chi connectivity index (χ0v) is 8.44. The lowest BCUT2D eigenvalue weighted by Crippen LogP contribution is -2.55. The summed E-state index contributed by atoms with van der Waals surface area (Å²) >= 11 is 0. The Bertz CT molecular complexity index is 270. The molecular formula is C11H16N2O. The molecule has 0 atom stereocenters. The number of hydrogen-bond donors (Lipinski definition) is 1. The van der Waals surface area contributed by atoms with E-state index in [1.165, 1.54) is 5.56 Å². The molecule has 1 aromatic rings. The second-order valence-electron chi connectivity index (χ2n) is 3.81. The van der Waals surface area contributed by atoms with E-state index in [4.69, 9.17) is 4.84 Å². The standard InChI is InChI=1S/C11H16N2O/c1-13-7-11(8-13)12-14-9-10-5-3-2-4-6-10/h2-6,11-12H,7-9H2,1H3. The molecule has 14 heavy (non-hydrogen) atoms. The fourth-order valence-corrected chi connectivity index (χ4v) is 1.59. The Labute approximate surface area is 84.6 Å². The summed E-state index contributed by atoms with van der Waals surface area (Å²) in [6.07, 6.45) is 0. The number of benzene rings is 1. The Balaban J connectivity index is 1.64. The quantitative estimate of drug-likeness (QED) is 0.721. The smallest absolute Gasteiger partial charge is 0.0933 e. The number of hydroxylamine groups is 1. The Morgan fingerprint density at radius 1 is 1.36 bits per heavy atom. The summed E-state index contributed by atoms with van der Waals surface area (Å²) in [7, 11) is 2.11. The highest BCUT2D eigenvalue weighted by Gasteiger charge is 2.22. The van der Waals surface area contributed by atoms with Crippen LogP contribution in [0.25, 0.3) is 0 Å². The van der Waals surface area contributed by atoms with Crippen molar-refractivity contribution in [3.05, 3.63) is 35.9 Å². The summed E-state index contributed by atoms with van der Waals surface area (Å²) in [6.45, 7) is 2.80. The number of nitrogens with zero attached hydrogens (tertiary/aromatic N) is 1. The minimum absolute atomic E-state index is 0.503. The summed E-state index contributed by atoms with van der Waals surface area (Å²) in [5.74, 6) is 0. The van der Waals surface area contributed by atoms with E-state index in [0.717, 1.165) is 13.1 Å². The molecule has 3 nitrogen and oxygen atoms in total.